The van der Waals surface area contributed by atoms with Gasteiger partial charge in [0.2, 0.25) is 6.79 Å². The van der Waals surface area contributed by atoms with Crippen LogP contribution >= 0.6 is 23.2 Å². The Morgan fingerprint density at radius 1 is 0.882 bits per heavy atom. The lowest BCUT2D eigenvalue weighted by molar-refractivity contribution is 0.0628. The lowest BCUT2D eigenvalue weighted by atomic mass is 10.1. The Labute approximate surface area is 208 Å². The standard InChI is InChI=1S/C26H24Cl2N2O4/c27-21-5-2-6-23(25(21)28)32-16-19-3-1-4-20(13-19)26(31)30-11-9-29(10-12-30)15-18-7-8-22-24(14-18)34-17-33-22/h1-8,13-14H,9-12,15-17H2. The first-order valence-corrected chi connectivity index (χ1v) is 11.9. The highest BCUT2D eigenvalue weighted by Crippen LogP contribution is 2.33. The van der Waals surface area contributed by atoms with Crippen molar-refractivity contribution < 1.29 is 19.0 Å². The fraction of sp³-hybridized carbons (Fsp3) is 0.269. The predicted octanol–water partition coefficient (Wildman–Crippen LogP) is 5.26. The average molecular weight is 499 g/mol. The van der Waals surface area contributed by atoms with Gasteiger partial charge in [0.15, 0.2) is 11.5 Å². The average Bonchev–Trinajstić information content (AvgIpc) is 3.33. The van der Waals surface area contributed by atoms with Crippen LogP contribution < -0.4 is 14.2 Å². The van der Waals surface area contributed by atoms with Crippen molar-refractivity contribution in [1.29, 1.82) is 0 Å². The lowest BCUT2D eigenvalue weighted by Gasteiger charge is -2.34. The number of ether oxygens (including phenoxy) is 3. The van der Waals surface area contributed by atoms with E-state index in [2.05, 4.69) is 11.0 Å². The minimum atomic E-state index is 0.0327. The maximum atomic E-state index is 13.1. The zero-order chi connectivity index (χ0) is 23.5. The van der Waals surface area contributed by atoms with E-state index in [0.717, 1.165) is 36.7 Å². The van der Waals surface area contributed by atoms with E-state index in [1.165, 1.54) is 5.56 Å². The van der Waals surface area contributed by atoms with Crippen LogP contribution in [-0.4, -0.2) is 48.7 Å². The molecule has 1 fully saturated rings. The number of carbonyl (C=O) groups is 1. The van der Waals surface area contributed by atoms with E-state index in [-0.39, 0.29) is 12.7 Å². The molecule has 0 aromatic heterocycles. The smallest absolute Gasteiger partial charge is 0.253 e. The van der Waals surface area contributed by atoms with E-state index >= 15 is 0 Å². The van der Waals surface area contributed by atoms with Gasteiger partial charge in [0, 0.05) is 38.3 Å². The van der Waals surface area contributed by atoms with Crippen LogP contribution in [0, 0.1) is 0 Å². The monoisotopic (exact) mass is 498 g/mol. The van der Waals surface area contributed by atoms with E-state index in [1.54, 1.807) is 18.2 Å². The van der Waals surface area contributed by atoms with Gasteiger partial charge >= 0.3 is 0 Å². The second kappa shape index (κ2) is 10.1. The van der Waals surface area contributed by atoms with Gasteiger partial charge in [-0.15, -0.1) is 0 Å². The van der Waals surface area contributed by atoms with Gasteiger partial charge < -0.3 is 19.1 Å². The van der Waals surface area contributed by atoms with Gasteiger partial charge in [-0.1, -0.05) is 47.5 Å². The van der Waals surface area contributed by atoms with E-state index in [0.29, 0.717) is 41.1 Å². The molecule has 0 saturated carbocycles. The summed E-state index contributed by atoms with van der Waals surface area (Å²) in [7, 11) is 0. The number of amides is 1. The number of piperazine rings is 1. The second-order valence-electron chi connectivity index (χ2n) is 8.30. The summed E-state index contributed by atoms with van der Waals surface area (Å²) in [6, 6.07) is 18.8. The van der Waals surface area contributed by atoms with Crippen molar-refractivity contribution >= 4 is 29.1 Å². The third kappa shape index (κ3) is 5.09. The van der Waals surface area contributed by atoms with Gasteiger partial charge in [-0.3, -0.25) is 9.69 Å². The van der Waals surface area contributed by atoms with Gasteiger partial charge in [-0.25, -0.2) is 0 Å². The Kier molecular flexibility index (Phi) is 6.81. The van der Waals surface area contributed by atoms with Crippen LogP contribution in [-0.2, 0) is 13.2 Å². The molecule has 1 saturated heterocycles. The molecular weight excluding hydrogens is 475 g/mol. The molecule has 0 unspecified atom stereocenters. The molecule has 0 aliphatic carbocycles. The number of nitrogens with zero attached hydrogens (tertiary/aromatic N) is 2. The molecule has 1 amide bonds. The molecule has 0 spiro atoms. The Hall–Kier alpha value is -2.93. The van der Waals surface area contributed by atoms with Crippen LogP contribution in [0.1, 0.15) is 21.5 Å². The second-order valence-corrected chi connectivity index (χ2v) is 9.08. The molecule has 0 atom stereocenters. The van der Waals surface area contributed by atoms with Crippen molar-refractivity contribution in [2.75, 3.05) is 33.0 Å². The van der Waals surface area contributed by atoms with Crippen molar-refractivity contribution in [3.63, 3.8) is 0 Å². The third-order valence-electron chi connectivity index (χ3n) is 5.99. The number of hydrogen-bond acceptors (Lipinski definition) is 5. The summed E-state index contributed by atoms with van der Waals surface area (Å²) in [6.45, 7) is 4.39. The zero-order valence-corrected chi connectivity index (χ0v) is 20.0. The summed E-state index contributed by atoms with van der Waals surface area (Å²) in [5.74, 6) is 2.14. The third-order valence-corrected chi connectivity index (χ3v) is 6.79. The minimum absolute atomic E-state index is 0.0327. The molecule has 0 radical (unpaired) electrons. The molecule has 6 nitrogen and oxygen atoms in total. The minimum Gasteiger partial charge on any atom is -0.487 e. The molecule has 0 N–H and O–H groups in total. The van der Waals surface area contributed by atoms with Gasteiger partial charge in [0.1, 0.15) is 17.4 Å². The highest BCUT2D eigenvalue weighted by molar-refractivity contribution is 6.42. The maximum Gasteiger partial charge on any atom is 0.253 e. The number of rotatable bonds is 6. The Morgan fingerprint density at radius 2 is 1.68 bits per heavy atom. The quantitative estimate of drug-likeness (QED) is 0.463. The van der Waals surface area contributed by atoms with Crippen molar-refractivity contribution in [2.45, 2.75) is 13.2 Å². The summed E-state index contributed by atoms with van der Waals surface area (Å²) in [5.41, 5.74) is 2.72. The SMILES string of the molecule is O=C(c1cccc(COc2cccc(Cl)c2Cl)c1)N1CCN(Cc2ccc3c(c2)OCO3)CC1. The Bertz CT molecular complexity index is 1200. The Morgan fingerprint density at radius 3 is 2.53 bits per heavy atom. The summed E-state index contributed by atoms with van der Waals surface area (Å²) >= 11 is 12.2. The normalized spacial score (nSPS) is 15.4. The first kappa shape index (κ1) is 22.8. The molecule has 2 aliphatic rings. The van der Waals surface area contributed by atoms with Gasteiger partial charge in [-0.05, 0) is 47.5 Å². The highest BCUT2D eigenvalue weighted by atomic mass is 35.5. The molecule has 3 aromatic carbocycles. The zero-order valence-electron chi connectivity index (χ0n) is 18.5. The number of benzene rings is 3. The molecular formula is C26H24Cl2N2O4. The maximum absolute atomic E-state index is 13.1. The fourth-order valence-electron chi connectivity index (χ4n) is 4.14. The van der Waals surface area contributed by atoms with Crippen LogP contribution in [0.3, 0.4) is 0 Å². The van der Waals surface area contributed by atoms with Crippen LogP contribution in [0.15, 0.2) is 60.7 Å². The van der Waals surface area contributed by atoms with E-state index < -0.39 is 0 Å². The molecule has 3 aromatic rings. The van der Waals surface area contributed by atoms with E-state index in [1.807, 2.05) is 41.3 Å². The molecule has 34 heavy (non-hydrogen) atoms. The van der Waals surface area contributed by atoms with Gasteiger partial charge in [-0.2, -0.15) is 0 Å². The summed E-state index contributed by atoms with van der Waals surface area (Å²) < 4.78 is 16.7. The first-order valence-electron chi connectivity index (χ1n) is 11.1. The first-order chi connectivity index (χ1) is 16.6. The summed E-state index contributed by atoms with van der Waals surface area (Å²) in [5, 5.41) is 0.829. The molecule has 0 bridgehead atoms. The van der Waals surface area contributed by atoms with E-state index in [9.17, 15) is 4.79 Å². The number of fused-ring (bicyclic) bond motifs is 1. The number of halogens is 2. The number of carbonyl (C=O) groups excluding carboxylic acids is 1. The fourth-order valence-corrected chi connectivity index (χ4v) is 4.49. The van der Waals surface area contributed by atoms with Gasteiger partial charge in [0.05, 0.1) is 5.02 Å². The van der Waals surface area contributed by atoms with Crippen LogP contribution in [0.2, 0.25) is 10.0 Å². The molecule has 5 rings (SSSR count). The topological polar surface area (TPSA) is 51.2 Å². The largest absolute Gasteiger partial charge is 0.487 e. The number of hydrogen-bond donors (Lipinski definition) is 0. The van der Waals surface area contributed by atoms with Crippen molar-refractivity contribution in [1.82, 2.24) is 9.80 Å². The Balaban J connectivity index is 1.16. The van der Waals surface area contributed by atoms with Crippen molar-refractivity contribution in [2.24, 2.45) is 0 Å². The van der Waals surface area contributed by atoms with E-state index in [4.69, 9.17) is 37.4 Å². The predicted molar refractivity (Wildman–Crippen MR) is 131 cm³/mol. The molecule has 176 valence electrons. The highest BCUT2D eigenvalue weighted by Gasteiger charge is 2.23. The molecule has 8 heteroatoms. The van der Waals surface area contributed by atoms with Crippen LogP contribution in [0.25, 0.3) is 0 Å². The molecule has 2 aliphatic heterocycles. The van der Waals surface area contributed by atoms with Crippen LogP contribution in [0.4, 0.5) is 0 Å². The van der Waals surface area contributed by atoms with Crippen molar-refractivity contribution in [3.05, 3.63) is 87.4 Å². The van der Waals surface area contributed by atoms with Crippen LogP contribution in [0.5, 0.6) is 17.2 Å². The summed E-state index contributed by atoms with van der Waals surface area (Å²) in [6.07, 6.45) is 0. The van der Waals surface area contributed by atoms with Crippen molar-refractivity contribution in [3.8, 4) is 17.2 Å². The summed E-state index contributed by atoms with van der Waals surface area (Å²) in [4.78, 5) is 17.4. The molecule has 2 heterocycles. The van der Waals surface area contributed by atoms with Gasteiger partial charge in [0.25, 0.3) is 5.91 Å². The lowest BCUT2D eigenvalue weighted by Crippen LogP contribution is -2.48.